The Bertz CT molecular complexity index is 839. The molecule has 2 aromatic carbocycles. The van der Waals surface area contributed by atoms with E-state index >= 15 is 0 Å². The average molecular weight is 309 g/mol. The molecular formula is C18H19N3O2. The van der Waals surface area contributed by atoms with Gasteiger partial charge in [0.05, 0.1) is 24.6 Å². The average Bonchev–Trinajstić information content (AvgIpc) is 2.92. The van der Waals surface area contributed by atoms with Crippen molar-refractivity contribution in [2.75, 3.05) is 12.4 Å². The van der Waals surface area contributed by atoms with Gasteiger partial charge in [0, 0.05) is 12.1 Å². The van der Waals surface area contributed by atoms with Crippen molar-refractivity contribution in [3.8, 4) is 5.75 Å². The second kappa shape index (κ2) is 6.52. The van der Waals surface area contributed by atoms with Crippen LogP contribution < -0.4 is 10.1 Å². The van der Waals surface area contributed by atoms with Gasteiger partial charge in [-0.3, -0.25) is 10.1 Å². The Morgan fingerprint density at radius 2 is 1.91 bits per heavy atom. The molecule has 0 aliphatic heterocycles. The zero-order valence-corrected chi connectivity index (χ0v) is 13.2. The summed E-state index contributed by atoms with van der Waals surface area (Å²) in [7, 11) is 1.60. The molecule has 0 saturated carbocycles. The first-order valence-electron chi connectivity index (χ1n) is 7.60. The maximum atomic E-state index is 12.4. The van der Waals surface area contributed by atoms with Crippen LogP contribution in [-0.4, -0.2) is 22.6 Å². The number of hydrogen-bond donors (Lipinski definition) is 1. The fourth-order valence-electron chi connectivity index (χ4n) is 2.68. The standard InChI is InChI=1S/C18H19N3O2/c1-3-21-15-10-6-5-9-14(15)19-18(21)20-17(22)12-13-8-4-7-11-16(13)23-2/h4-11H,3,12H2,1-2H3,(H,19,20,22). The van der Waals surface area contributed by atoms with Crippen molar-refractivity contribution >= 4 is 22.9 Å². The van der Waals surface area contributed by atoms with Crippen molar-refractivity contribution in [2.45, 2.75) is 19.9 Å². The number of carbonyl (C=O) groups is 1. The highest BCUT2D eigenvalue weighted by Crippen LogP contribution is 2.21. The monoisotopic (exact) mass is 309 g/mol. The Morgan fingerprint density at radius 3 is 2.70 bits per heavy atom. The number of nitrogens with zero attached hydrogens (tertiary/aromatic N) is 2. The predicted molar refractivity (Wildman–Crippen MR) is 90.7 cm³/mol. The number of fused-ring (bicyclic) bond motifs is 1. The first-order valence-corrected chi connectivity index (χ1v) is 7.60. The van der Waals surface area contributed by atoms with E-state index in [1.54, 1.807) is 7.11 Å². The van der Waals surface area contributed by atoms with E-state index in [4.69, 9.17) is 4.74 Å². The number of benzene rings is 2. The lowest BCUT2D eigenvalue weighted by Gasteiger charge is -2.09. The summed E-state index contributed by atoms with van der Waals surface area (Å²) in [5.74, 6) is 1.18. The number of methoxy groups -OCH3 is 1. The molecule has 0 unspecified atom stereocenters. The van der Waals surface area contributed by atoms with Gasteiger partial charge < -0.3 is 9.30 Å². The lowest BCUT2D eigenvalue weighted by atomic mass is 10.1. The summed E-state index contributed by atoms with van der Waals surface area (Å²) in [6, 6.07) is 15.4. The summed E-state index contributed by atoms with van der Waals surface area (Å²) in [4.78, 5) is 16.9. The van der Waals surface area contributed by atoms with Gasteiger partial charge >= 0.3 is 0 Å². The van der Waals surface area contributed by atoms with E-state index in [1.165, 1.54) is 0 Å². The summed E-state index contributed by atoms with van der Waals surface area (Å²) in [6.45, 7) is 2.77. The smallest absolute Gasteiger partial charge is 0.231 e. The van der Waals surface area contributed by atoms with Crippen LogP contribution in [0.5, 0.6) is 5.75 Å². The molecule has 23 heavy (non-hydrogen) atoms. The van der Waals surface area contributed by atoms with Gasteiger partial charge in [-0.25, -0.2) is 4.98 Å². The van der Waals surface area contributed by atoms with Crippen LogP contribution in [0.4, 0.5) is 5.95 Å². The van der Waals surface area contributed by atoms with Gasteiger partial charge in [-0.05, 0) is 25.1 Å². The highest BCUT2D eigenvalue weighted by atomic mass is 16.5. The van der Waals surface area contributed by atoms with Gasteiger partial charge in [-0.1, -0.05) is 30.3 Å². The minimum Gasteiger partial charge on any atom is -0.496 e. The molecular weight excluding hydrogens is 290 g/mol. The number of carbonyl (C=O) groups excluding carboxylic acids is 1. The summed E-state index contributed by atoms with van der Waals surface area (Å²) >= 11 is 0. The van der Waals surface area contributed by atoms with E-state index in [2.05, 4.69) is 10.3 Å². The summed E-state index contributed by atoms with van der Waals surface area (Å²) in [5.41, 5.74) is 2.75. The molecule has 0 fully saturated rings. The summed E-state index contributed by atoms with van der Waals surface area (Å²) in [5, 5.41) is 2.91. The van der Waals surface area contributed by atoms with Crippen molar-refractivity contribution in [1.82, 2.24) is 9.55 Å². The van der Waals surface area contributed by atoms with Gasteiger partial charge in [0.1, 0.15) is 5.75 Å². The van der Waals surface area contributed by atoms with Gasteiger partial charge in [0.2, 0.25) is 11.9 Å². The van der Waals surface area contributed by atoms with E-state index in [0.717, 1.165) is 23.1 Å². The lowest BCUT2D eigenvalue weighted by Crippen LogP contribution is -2.18. The topological polar surface area (TPSA) is 56.2 Å². The van der Waals surface area contributed by atoms with Gasteiger partial charge in [-0.15, -0.1) is 0 Å². The van der Waals surface area contributed by atoms with Crippen molar-refractivity contribution in [1.29, 1.82) is 0 Å². The molecule has 0 bridgehead atoms. The minimum absolute atomic E-state index is 0.112. The molecule has 1 amide bonds. The third kappa shape index (κ3) is 3.04. The summed E-state index contributed by atoms with van der Waals surface area (Å²) in [6.07, 6.45) is 0.247. The molecule has 0 aliphatic carbocycles. The first kappa shape index (κ1) is 15.1. The van der Waals surface area contributed by atoms with Gasteiger partial charge in [0.25, 0.3) is 0 Å². The molecule has 0 aliphatic rings. The lowest BCUT2D eigenvalue weighted by molar-refractivity contribution is -0.115. The Morgan fingerprint density at radius 1 is 1.17 bits per heavy atom. The molecule has 118 valence electrons. The van der Waals surface area contributed by atoms with Crippen LogP contribution in [0.2, 0.25) is 0 Å². The molecule has 1 heterocycles. The fraction of sp³-hybridized carbons (Fsp3) is 0.222. The second-order valence-electron chi connectivity index (χ2n) is 5.21. The number of anilines is 1. The van der Waals surface area contributed by atoms with E-state index in [9.17, 15) is 4.79 Å². The molecule has 5 heteroatoms. The Labute approximate surface area is 134 Å². The molecule has 3 aromatic rings. The second-order valence-corrected chi connectivity index (χ2v) is 5.21. The normalized spacial score (nSPS) is 10.7. The Kier molecular flexibility index (Phi) is 4.28. The van der Waals surface area contributed by atoms with E-state index in [0.29, 0.717) is 11.7 Å². The number of aromatic nitrogens is 2. The van der Waals surface area contributed by atoms with Crippen LogP contribution in [0, 0.1) is 0 Å². The van der Waals surface area contributed by atoms with E-state index in [1.807, 2.05) is 60.0 Å². The van der Waals surface area contributed by atoms with Crippen LogP contribution in [0.3, 0.4) is 0 Å². The number of para-hydroxylation sites is 3. The molecule has 5 nitrogen and oxygen atoms in total. The highest BCUT2D eigenvalue weighted by molar-refractivity contribution is 5.93. The SMILES string of the molecule is CCn1c(NC(=O)Cc2ccccc2OC)nc2ccccc21. The van der Waals surface area contributed by atoms with Crippen LogP contribution >= 0.6 is 0 Å². The van der Waals surface area contributed by atoms with Crippen LogP contribution in [0.15, 0.2) is 48.5 Å². The molecule has 1 aromatic heterocycles. The van der Waals surface area contributed by atoms with Crippen molar-refractivity contribution in [2.24, 2.45) is 0 Å². The fourth-order valence-corrected chi connectivity index (χ4v) is 2.68. The van der Waals surface area contributed by atoms with E-state index in [-0.39, 0.29) is 12.3 Å². The zero-order chi connectivity index (χ0) is 16.2. The number of aryl methyl sites for hydroxylation is 1. The third-order valence-electron chi connectivity index (χ3n) is 3.77. The number of ether oxygens (including phenoxy) is 1. The molecule has 1 N–H and O–H groups in total. The van der Waals surface area contributed by atoms with Crippen LogP contribution in [0.1, 0.15) is 12.5 Å². The Hall–Kier alpha value is -2.82. The maximum absolute atomic E-state index is 12.4. The molecule has 0 spiro atoms. The largest absolute Gasteiger partial charge is 0.496 e. The van der Waals surface area contributed by atoms with Gasteiger partial charge in [-0.2, -0.15) is 0 Å². The maximum Gasteiger partial charge on any atom is 0.231 e. The molecule has 0 atom stereocenters. The van der Waals surface area contributed by atoms with Crippen LogP contribution in [-0.2, 0) is 17.8 Å². The number of nitrogens with one attached hydrogen (secondary N) is 1. The van der Waals surface area contributed by atoms with Crippen molar-refractivity contribution in [3.05, 3.63) is 54.1 Å². The summed E-state index contributed by atoms with van der Waals surface area (Å²) < 4.78 is 7.28. The number of imidazole rings is 1. The van der Waals surface area contributed by atoms with Crippen LogP contribution in [0.25, 0.3) is 11.0 Å². The van der Waals surface area contributed by atoms with Gasteiger partial charge in [0.15, 0.2) is 0 Å². The Balaban J connectivity index is 1.83. The first-order chi connectivity index (χ1) is 11.2. The number of hydrogen-bond acceptors (Lipinski definition) is 3. The zero-order valence-electron chi connectivity index (χ0n) is 13.2. The third-order valence-corrected chi connectivity index (χ3v) is 3.77. The molecule has 0 radical (unpaired) electrons. The number of amides is 1. The molecule has 3 rings (SSSR count). The van der Waals surface area contributed by atoms with E-state index < -0.39 is 0 Å². The van der Waals surface area contributed by atoms with Crippen molar-refractivity contribution in [3.63, 3.8) is 0 Å². The minimum atomic E-state index is -0.112. The van der Waals surface area contributed by atoms with Crippen molar-refractivity contribution < 1.29 is 9.53 Å². The highest BCUT2D eigenvalue weighted by Gasteiger charge is 2.13. The molecule has 0 saturated heterocycles. The predicted octanol–water partition coefficient (Wildman–Crippen LogP) is 3.25. The quantitative estimate of drug-likeness (QED) is 0.787. The number of rotatable bonds is 5.